The molecule has 0 spiro atoms. The van der Waals surface area contributed by atoms with E-state index in [2.05, 4.69) is 0 Å². The van der Waals surface area contributed by atoms with Crippen molar-refractivity contribution >= 4 is 39.7 Å². The number of nitriles is 1. The van der Waals surface area contributed by atoms with Crippen LogP contribution in [0, 0.1) is 11.3 Å². The van der Waals surface area contributed by atoms with Gasteiger partial charge in [0.05, 0.1) is 11.6 Å². The molecule has 0 radical (unpaired) electrons. The molecule has 0 bridgehead atoms. The highest BCUT2D eigenvalue weighted by atomic mass is 36.0. The molecule has 0 aliphatic heterocycles. The van der Waals surface area contributed by atoms with Crippen molar-refractivity contribution in [1.29, 1.82) is 5.26 Å². The standard InChI is InChI=1S/C7H5N.Cl3P/c8-6-7-4-2-1-3-5-7;1-4(2)3/h1-5H;. The molecule has 12 heavy (non-hydrogen) atoms. The second-order valence-electron chi connectivity index (χ2n) is 1.67. The number of nitrogens with zero attached hydrogens (tertiary/aromatic N) is 1. The average Bonchev–Trinajstić information content (AvgIpc) is 2.05. The minimum absolute atomic E-state index is 0.715. The Morgan fingerprint density at radius 2 is 1.50 bits per heavy atom. The fraction of sp³-hybridized carbons (Fsp3) is 0. The van der Waals surface area contributed by atoms with Gasteiger partial charge in [-0.3, -0.25) is 0 Å². The van der Waals surface area contributed by atoms with Gasteiger partial charge in [-0.2, -0.15) is 5.26 Å². The summed E-state index contributed by atoms with van der Waals surface area (Å²) in [7, 11) is 0. The number of hydrogen-bond donors (Lipinski definition) is 0. The van der Waals surface area contributed by atoms with Gasteiger partial charge in [-0.1, -0.05) is 51.9 Å². The molecular weight excluding hydrogens is 235 g/mol. The molecular formula is C7H5Cl3NP. The molecule has 1 nitrogen and oxygen atoms in total. The lowest BCUT2D eigenvalue weighted by atomic mass is 10.2. The van der Waals surface area contributed by atoms with Crippen LogP contribution in [0.3, 0.4) is 0 Å². The first-order chi connectivity index (χ1) is 5.66. The summed E-state index contributed by atoms with van der Waals surface area (Å²) in [6.45, 7) is 0. The number of benzene rings is 1. The molecule has 0 N–H and O–H groups in total. The molecule has 0 saturated carbocycles. The first-order valence-corrected chi connectivity index (χ1v) is 6.95. The monoisotopic (exact) mass is 239 g/mol. The first-order valence-electron chi connectivity index (χ1n) is 2.89. The summed E-state index contributed by atoms with van der Waals surface area (Å²) in [5.74, 6) is -1.20. The van der Waals surface area contributed by atoms with E-state index in [0.29, 0.717) is 5.56 Å². The second kappa shape index (κ2) is 7.65. The largest absolute Gasteiger partial charge is 0.192 e. The lowest BCUT2D eigenvalue weighted by molar-refractivity contribution is 1.49. The summed E-state index contributed by atoms with van der Waals surface area (Å²) in [5.41, 5.74) is 0.715. The van der Waals surface area contributed by atoms with Crippen molar-refractivity contribution < 1.29 is 0 Å². The van der Waals surface area contributed by atoms with Crippen molar-refractivity contribution in [3.05, 3.63) is 35.9 Å². The highest BCUT2D eigenvalue weighted by Crippen LogP contribution is 2.51. The smallest absolute Gasteiger partial charge is 0.179 e. The third-order valence-corrected chi connectivity index (χ3v) is 0.903. The number of rotatable bonds is 0. The zero-order valence-corrected chi connectivity index (χ0v) is 9.08. The molecule has 1 rings (SSSR count). The van der Waals surface area contributed by atoms with Crippen LogP contribution in [0.2, 0.25) is 0 Å². The van der Waals surface area contributed by atoms with Crippen molar-refractivity contribution in [2.45, 2.75) is 0 Å². The van der Waals surface area contributed by atoms with Crippen LogP contribution in [0.4, 0.5) is 0 Å². The quantitative estimate of drug-likeness (QED) is 0.613. The van der Waals surface area contributed by atoms with Crippen molar-refractivity contribution in [3.8, 4) is 6.07 Å². The van der Waals surface area contributed by atoms with Crippen molar-refractivity contribution in [3.63, 3.8) is 0 Å². The van der Waals surface area contributed by atoms with Crippen molar-refractivity contribution in [1.82, 2.24) is 0 Å². The molecule has 0 atom stereocenters. The summed E-state index contributed by atoms with van der Waals surface area (Å²) in [6.07, 6.45) is 0. The Morgan fingerprint density at radius 3 is 1.75 bits per heavy atom. The molecule has 0 aromatic heterocycles. The van der Waals surface area contributed by atoms with E-state index in [9.17, 15) is 0 Å². The Kier molecular flexibility index (Phi) is 7.65. The van der Waals surface area contributed by atoms with Crippen LogP contribution in [0.15, 0.2) is 30.3 Å². The maximum Gasteiger partial charge on any atom is 0.179 e. The lowest BCUT2D eigenvalue weighted by Gasteiger charge is -1.80. The van der Waals surface area contributed by atoms with E-state index in [0.717, 1.165) is 0 Å². The zero-order chi connectivity index (χ0) is 9.40. The fourth-order valence-electron chi connectivity index (χ4n) is 0.513. The van der Waals surface area contributed by atoms with Crippen LogP contribution in [0.1, 0.15) is 5.56 Å². The molecule has 0 aliphatic rings. The van der Waals surface area contributed by atoms with Gasteiger partial charge in [0.1, 0.15) is 0 Å². The van der Waals surface area contributed by atoms with E-state index in [1.165, 1.54) is 0 Å². The van der Waals surface area contributed by atoms with Crippen LogP contribution >= 0.6 is 39.7 Å². The molecule has 0 unspecified atom stereocenters. The van der Waals surface area contributed by atoms with Gasteiger partial charge in [0.25, 0.3) is 0 Å². The third kappa shape index (κ3) is 8.11. The third-order valence-electron chi connectivity index (χ3n) is 0.903. The molecule has 0 aliphatic carbocycles. The van der Waals surface area contributed by atoms with Crippen LogP contribution in [-0.4, -0.2) is 0 Å². The number of halogens is 3. The predicted octanol–water partition coefficient (Wildman–Crippen LogP) is 4.49. The molecule has 0 heterocycles. The van der Waals surface area contributed by atoms with Gasteiger partial charge < -0.3 is 0 Å². The topological polar surface area (TPSA) is 23.8 Å². The van der Waals surface area contributed by atoms with Crippen LogP contribution in [-0.2, 0) is 0 Å². The van der Waals surface area contributed by atoms with E-state index in [1.54, 1.807) is 12.1 Å². The second-order valence-corrected chi connectivity index (χ2v) is 6.65. The van der Waals surface area contributed by atoms with Gasteiger partial charge in [-0.15, -0.1) is 0 Å². The Morgan fingerprint density at radius 1 is 1.08 bits per heavy atom. The predicted molar refractivity (Wildman–Crippen MR) is 55.6 cm³/mol. The van der Waals surface area contributed by atoms with Gasteiger partial charge >= 0.3 is 0 Å². The average molecular weight is 240 g/mol. The van der Waals surface area contributed by atoms with Gasteiger partial charge in [0.2, 0.25) is 0 Å². The van der Waals surface area contributed by atoms with E-state index in [-0.39, 0.29) is 0 Å². The molecule has 0 saturated heterocycles. The molecule has 0 fully saturated rings. The Labute approximate surface area is 87.0 Å². The zero-order valence-electron chi connectivity index (χ0n) is 5.92. The maximum atomic E-state index is 8.29. The SMILES string of the molecule is ClP(Cl)Cl.N#Cc1ccccc1. The minimum atomic E-state index is -1.20. The fourth-order valence-corrected chi connectivity index (χ4v) is 0.513. The summed E-state index contributed by atoms with van der Waals surface area (Å²) in [4.78, 5) is 0. The van der Waals surface area contributed by atoms with E-state index in [1.807, 2.05) is 24.3 Å². The normalized spacial score (nSPS) is 8.25. The van der Waals surface area contributed by atoms with Gasteiger partial charge in [0, 0.05) is 0 Å². The van der Waals surface area contributed by atoms with E-state index in [4.69, 9.17) is 39.0 Å². The number of hydrogen-bond acceptors (Lipinski definition) is 1. The summed E-state index contributed by atoms with van der Waals surface area (Å²) in [6, 6.07) is 11.2. The van der Waals surface area contributed by atoms with Gasteiger partial charge in [-0.25, -0.2) is 0 Å². The molecule has 64 valence electrons. The summed E-state index contributed by atoms with van der Waals surface area (Å²) < 4.78 is 0. The van der Waals surface area contributed by atoms with Gasteiger partial charge in [0.15, 0.2) is 5.98 Å². The van der Waals surface area contributed by atoms with Gasteiger partial charge in [-0.05, 0) is 12.1 Å². The van der Waals surface area contributed by atoms with Crippen molar-refractivity contribution in [2.24, 2.45) is 0 Å². The van der Waals surface area contributed by atoms with Crippen LogP contribution in [0.25, 0.3) is 0 Å². The molecule has 1 aromatic carbocycles. The molecule has 0 amide bonds. The van der Waals surface area contributed by atoms with Crippen LogP contribution in [0.5, 0.6) is 0 Å². The Balaban J connectivity index is 0.000000261. The Hall–Kier alpha value is 0.0100. The van der Waals surface area contributed by atoms with E-state index < -0.39 is 5.98 Å². The Bertz CT molecular complexity index is 242. The maximum absolute atomic E-state index is 8.29. The summed E-state index contributed by atoms with van der Waals surface area (Å²) >= 11 is 14.6. The summed E-state index contributed by atoms with van der Waals surface area (Å²) in [5, 5.41) is 8.29. The molecule has 1 aromatic rings. The highest BCUT2D eigenvalue weighted by molar-refractivity contribution is 8.20. The van der Waals surface area contributed by atoms with E-state index >= 15 is 0 Å². The first kappa shape index (κ1) is 12.0. The van der Waals surface area contributed by atoms with Crippen LogP contribution < -0.4 is 0 Å². The van der Waals surface area contributed by atoms with Crippen molar-refractivity contribution in [2.75, 3.05) is 0 Å². The highest BCUT2D eigenvalue weighted by Gasteiger charge is 1.80. The minimum Gasteiger partial charge on any atom is -0.192 e. The lowest BCUT2D eigenvalue weighted by Crippen LogP contribution is -1.66. The molecule has 5 heteroatoms.